The molecule has 0 saturated carbocycles. The van der Waals surface area contributed by atoms with E-state index in [1.165, 1.54) is 12.1 Å². The van der Waals surface area contributed by atoms with Crippen molar-refractivity contribution in [1.29, 1.82) is 0 Å². The Hall–Kier alpha value is -2.62. The first-order chi connectivity index (χ1) is 14.7. The fourth-order valence-corrected chi connectivity index (χ4v) is 4.75. The van der Waals surface area contributed by atoms with Crippen LogP contribution < -0.4 is 10.9 Å². The predicted molar refractivity (Wildman–Crippen MR) is 122 cm³/mol. The van der Waals surface area contributed by atoms with Crippen LogP contribution in [-0.2, 0) is 21.1 Å². The van der Waals surface area contributed by atoms with E-state index in [9.17, 15) is 18.0 Å². The molecule has 2 aromatic carbocycles. The van der Waals surface area contributed by atoms with Gasteiger partial charge in [-0.25, -0.2) is 13.4 Å². The summed E-state index contributed by atoms with van der Waals surface area (Å²) in [7, 11) is -4.00. The fourth-order valence-electron chi connectivity index (χ4n) is 2.71. The molecule has 0 aliphatic carbocycles. The summed E-state index contributed by atoms with van der Waals surface area (Å²) < 4.78 is 25.5. The molecule has 162 valence electrons. The van der Waals surface area contributed by atoms with Gasteiger partial charge in [0.15, 0.2) is 10.1 Å². The first-order valence-corrected chi connectivity index (χ1v) is 12.2. The second-order valence-corrected chi connectivity index (χ2v) is 10.00. The van der Waals surface area contributed by atoms with Crippen molar-refractivity contribution >= 4 is 44.8 Å². The highest BCUT2D eigenvalue weighted by molar-refractivity contribution is 7.99. The zero-order chi connectivity index (χ0) is 22.6. The van der Waals surface area contributed by atoms with Gasteiger partial charge in [-0.3, -0.25) is 9.59 Å². The quantitative estimate of drug-likeness (QED) is 0.395. The summed E-state index contributed by atoms with van der Waals surface area (Å²) in [6.45, 7) is 3.80. The van der Waals surface area contributed by atoms with E-state index in [0.717, 1.165) is 35.5 Å². The molecule has 0 spiro atoms. The molecule has 0 aliphatic rings. The van der Waals surface area contributed by atoms with Crippen molar-refractivity contribution in [3.8, 4) is 0 Å². The zero-order valence-electron chi connectivity index (χ0n) is 16.8. The molecule has 0 unspecified atom stereocenters. The number of aromatic nitrogens is 2. The number of thioether (sulfide) groups is 1. The SMILES string of the molecule is CCc1ccc(S(=O)(=O)c2cnc(SCC(=O)Nc3cc(Cl)ccc3C)[nH]c2=O)cc1. The Morgan fingerprint density at radius 2 is 1.90 bits per heavy atom. The lowest BCUT2D eigenvalue weighted by Crippen LogP contribution is -2.20. The maximum absolute atomic E-state index is 12.8. The molecule has 0 fully saturated rings. The maximum atomic E-state index is 12.8. The van der Waals surface area contributed by atoms with Crippen molar-refractivity contribution in [2.45, 2.75) is 35.2 Å². The van der Waals surface area contributed by atoms with Crippen LogP contribution in [0.25, 0.3) is 0 Å². The minimum Gasteiger partial charge on any atom is -0.325 e. The molecule has 7 nitrogen and oxygen atoms in total. The lowest BCUT2D eigenvalue weighted by molar-refractivity contribution is -0.113. The van der Waals surface area contributed by atoms with E-state index < -0.39 is 20.3 Å². The monoisotopic (exact) mass is 477 g/mol. The highest BCUT2D eigenvalue weighted by atomic mass is 35.5. The van der Waals surface area contributed by atoms with Gasteiger partial charge in [-0.1, -0.05) is 48.5 Å². The topological polar surface area (TPSA) is 109 Å². The molecular weight excluding hydrogens is 458 g/mol. The van der Waals surface area contributed by atoms with Crippen molar-refractivity contribution in [3.63, 3.8) is 0 Å². The van der Waals surface area contributed by atoms with Crippen molar-refractivity contribution in [1.82, 2.24) is 9.97 Å². The second-order valence-electron chi connectivity index (χ2n) is 6.68. The number of hydrogen-bond donors (Lipinski definition) is 2. The predicted octanol–water partition coefficient (Wildman–Crippen LogP) is 3.86. The third-order valence-corrected chi connectivity index (χ3v) is 7.37. The second kappa shape index (κ2) is 9.67. The smallest absolute Gasteiger partial charge is 0.270 e. The minimum atomic E-state index is -4.00. The number of benzene rings is 2. The van der Waals surface area contributed by atoms with Crippen LogP contribution in [0.1, 0.15) is 18.1 Å². The fraction of sp³-hybridized carbons (Fsp3) is 0.190. The van der Waals surface area contributed by atoms with Crippen LogP contribution in [0, 0.1) is 6.92 Å². The van der Waals surface area contributed by atoms with Gasteiger partial charge in [-0.05, 0) is 48.7 Å². The number of amides is 1. The van der Waals surface area contributed by atoms with E-state index in [1.54, 1.807) is 30.3 Å². The first-order valence-electron chi connectivity index (χ1n) is 9.33. The molecule has 0 bridgehead atoms. The van der Waals surface area contributed by atoms with Crippen molar-refractivity contribution in [2.75, 3.05) is 11.1 Å². The van der Waals surface area contributed by atoms with Gasteiger partial charge in [0.05, 0.1) is 16.8 Å². The standard InChI is InChI=1S/C21H20ClN3O4S2/c1-3-14-5-8-16(9-6-14)31(28,29)18-11-23-21(25-20(18)27)30-12-19(26)24-17-10-15(22)7-4-13(17)2/h4-11H,3,12H2,1-2H3,(H,24,26)(H,23,25,27). The number of nitrogens with one attached hydrogen (secondary N) is 2. The summed E-state index contributed by atoms with van der Waals surface area (Å²) in [5.74, 6) is -0.342. The molecule has 10 heteroatoms. The third kappa shape index (κ3) is 5.55. The van der Waals surface area contributed by atoms with Gasteiger partial charge in [0.2, 0.25) is 15.7 Å². The van der Waals surface area contributed by atoms with Crippen LogP contribution in [-0.4, -0.2) is 30.0 Å². The van der Waals surface area contributed by atoms with E-state index in [4.69, 9.17) is 11.6 Å². The van der Waals surface area contributed by atoms with Crippen LogP contribution in [0.3, 0.4) is 0 Å². The average Bonchev–Trinajstić information content (AvgIpc) is 2.74. The summed E-state index contributed by atoms with van der Waals surface area (Å²) in [6, 6.07) is 11.5. The Kier molecular flexibility index (Phi) is 7.19. The van der Waals surface area contributed by atoms with Crippen LogP contribution in [0.2, 0.25) is 5.02 Å². The van der Waals surface area contributed by atoms with Crippen molar-refractivity contribution in [2.24, 2.45) is 0 Å². The van der Waals surface area contributed by atoms with E-state index >= 15 is 0 Å². The Bertz CT molecular complexity index is 1270. The molecule has 1 heterocycles. The molecule has 1 amide bonds. The molecule has 0 atom stereocenters. The Labute approximate surface area is 189 Å². The number of halogens is 1. The number of aromatic amines is 1. The number of aryl methyl sites for hydroxylation is 2. The third-order valence-electron chi connectivity index (χ3n) is 4.49. The normalized spacial score (nSPS) is 11.3. The van der Waals surface area contributed by atoms with Gasteiger partial charge in [0.1, 0.15) is 0 Å². The zero-order valence-corrected chi connectivity index (χ0v) is 19.2. The summed E-state index contributed by atoms with van der Waals surface area (Å²) in [4.78, 5) is 30.6. The lowest BCUT2D eigenvalue weighted by Gasteiger charge is -2.09. The van der Waals surface area contributed by atoms with E-state index in [1.807, 2.05) is 13.8 Å². The van der Waals surface area contributed by atoms with Gasteiger partial charge in [-0.15, -0.1) is 0 Å². The van der Waals surface area contributed by atoms with Crippen LogP contribution in [0.5, 0.6) is 0 Å². The van der Waals surface area contributed by atoms with Crippen LogP contribution >= 0.6 is 23.4 Å². The molecular formula is C21H20ClN3O4S2. The van der Waals surface area contributed by atoms with Gasteiger partial charge in [0.25, 0.3) is 5.56 Å². The maximum Gasteiger partial charge on any atom is 0.270 e. The van der Waals surface area contributed by atoms with Gasteiger partial charge in [0, 0.05) is 10.7 Å². The number of hydrogen-bond acceptors (Lipinski definition) is 6. The largest absolute Gasteiger partial charge is 0.325 e. The molecule has 0 aliphatic heterocycles. The van der Waals surface area contributed by atoms with Crippen LogP contribution in [0.15, 0.2) is 68.4 Å². The molecule has 0 saturated heterocycles. The lowest BCUT2D eigenvalue weighted by atomic mass is 10.2. The Morgan fingerprint density at radius 1 is 1.19 bits per heavy atom. The van der Waals surface area contributed by atoms with Crippen molar-refractivity contribution in [3.05, 3.63) is 75.2 Å². The van der Waals surface area contributed by atoms with E-state index in [2.05, 4.69) is 15.3 Å². The number of nitrogens with zero attached hydrogens (tertiary/aromatic N) is 1. The van der Waals surface area contributed by atoms with Gasteiger partial charge in [-0.2, -0.15) is 0 Å². The van der Waals surface area contributed by atoms with E-state index in [0.29, 0.717) is 10.7 Å². The molecule has 31 heavy (non-hydrogen) atoms. The summed E-state index contributed by atoms with van der Waals surface area (Å²) >= 11 is 6.93. The highest BCUT2D eigenvalue weighted by Gasteiger charge is 2.22. The minimum absolute atomic E-state index is 0.0219. The van der Waals surface area contributed by atoms with E-state index in [-0.39, 0.29) is 21.7 Å². The van der Waals surface area contributed by atoms with Gasteiger partial charge < -0.3 is 10.3 Å². The van der Waals surface area contributed by atoms with Gasteiger partial charge >= 0.3 is 0 Å². The number of anilines is 1. The molecule has 2 N–H and O–H groups in total. The number of sulfone groups is 1. The number of carbonyl (C=O) groups excluding carboxylic acids is 1. The summed E-state index contributed by atoms with van der Waals surface area (Å²) in [6.07, 6.45) is 1.79. The molecule has 1 aromatic heterocycles. The molecule has 3 rings (SSSR count). The Balaban J connectivity index is 1.71. The molecule has 0 radical (unpaired) electrons. The number of H-pyrrole nitrogens is 1. The number of carbonyl (C=O) groups is 1. The number of rotatable bonds is 7. The molecule has 3 aromatic rings. The average molecular weight is 478 g/mol. The highest BCUT2D eigenvalue weighted by Crippen LogP contribution is 2.22. The summed E-state index contributed by atoms with van der Waals surface area (Å²) in [5, 5.41) is 3.38. The Morgan fingerprint density at radius 3 is 2.55 bits per heavy atom. The van der Waals surface area contributed by atoms with Crippen LogP contribution in [0.4, 0.5) is 5.69 Å². The first kappa shape index (κ1) is 23.1. The van der Waals surface area contributed by atoms with Crippen molar-refractivity contribution < 1.29 is 13.2 Å². The summed E-state index contributed by atoms with van der Waals surface area (Å²) in [5.41, 5.74) is 1.65.